The maximum Gasteiger partial charge on any atom is 0.490 e. The van der Waals surface area contributed by atoms with E-state index in [4.69, 9.17) is 9.90 Å². The third-order valence-electron chi connectivity index (χ3n) is 3.15. The second kappa shape index (κ2) is 7.06. The first kappa shape index (κ1) is 19.3. The van der Waals surface area contributed by atoms with Crippen LogP contribution < -0.4 is 0 Å². The molecule has 0 atom stereocenters. The zero-order valence-electron chi connectivity index (χ0n) is 12.7. The lowest BCUT2D eigenvalue weighted by Gasteiger charge is -2.11. The molecule has 138 valence electrons. The molecule has 4 nitrogen and oxygen atoms in total. The molecule has 0 saturated carbocycles. The molecule has 0 spiro atoms. The monoisotopic (exact) mass is 376 g/mol. The van der Waals surface area contributed by atoms with Crippen molar-refractivity contribution in [1.82, 2.24) is 9.38 Å². The topological polar surface area (TPSA) is 54.6 Å². The van der Waals surface area contributed by atoms with Crippen molar-refractivity contribution in [2.24, 2.45) is 0 Å². The number of aliphatic carboxylic acids is 1. The summed E-state index contributed by atoms with van der Waals surface area (Å²) in [6.45, 7) is 0. The molecule has 2 aromatic heterocycles. The highest BCUT2D eigenvalue weighted by Crippen LogP contribution is 2.36. The van der Waals surface area contributed by atoms with Gasteiger partial charge in [-0.25, -0.2) is 9.78 Å². The van der Waals surface area contributed by atoms with Crippen molar-refractivity contribution in [3.05, 3.63) is 60.4 Å². The van der Waals surface area contributed by atoms with E-state index in [1.54, 1.807) is 35.0 Å². The molecule has 3 rings (SSSR count). The highest BCUT2D eigenvalue weighted by Gasteiger charge is 2.38. The van der Waals surface area contributed by atoms with Crippen LogP contribution in [0.4, 0.5) is 26.3 Å². The second-order valence-electron chi connectivity index (χ2n) is 4.92. The summed E-state index contributed by atoms with van der Waals surface area (Å²) in [6.07, 6.45) is -6.22. The molecule has 0 aliphatic carbocycles. The van der Waals surface area contributed by atoms with Crippen molar-refractivity contribution >= 4 is 11.5 Å². The number of hydrogen-bond donors (Lipinski definition) is 1. The smallest absolute Gasteiger partial charge is 0.475 e. The van der Waals surface area contributed by atoms with Crippen molar-refractivity contribution in [2.45, 2.75) is 12.4 Å². The van der Waals surface area contributed by atoms with Gasteiger partial charge in [0.15, 0.2) is 0 Å². The third kappa shape index (κ3) is 4.32. The number of alkyl halides is 6. The minimum atomic E-state index is -5.08. The van der Waals surface area contributed by atoms with Gasteiger partial charge in [-0.05, 0) is 18.2 Å². The molecule has 0 saturated heterocycles. The zero-order valence-corrected chi connectivity index (χ0v) is 12.7. The highest BCUT2D eigenvalue weighted by atomic mass is 19.4. The van der Waals surface area contributed by atoms with Crippen LogP contribution >= 0.6 is 0 Å². The lowest BCUT2D eigenvalue weighted by Crippen LogP contribution is -2.21. The van der Waals surface area contributed by atoms with Crippen LogP contribution in [0, 0.1) is 0 Å². The van der Waals surface area contributed by atoms with Gasteiger partial charge in [0.2, 0.25) is 0 Å². The number of aromatic nitrogens is 2. The normalized spacial score (nSPS) is 11.8. The number of carboxylic acids is 1. The fraction of sp³-hybridized carbons (Fsp3) is 0.125. The molecule has 0 aliphatic rings. The molecule has 1 N–H and O–H groups in total. The summed E-state index contributed by atoms with van der Waals surface area (Å²) >= 11 is 0. The average Bonchev–Trinajstić information content (AvgIpc) is 2.97. The summed E-state index contributed by atoms with van der Waals surface area (Å²) in [5.41, 5.74) is 0.169. The SMILES string of the molecule is FC(F)(F)c1ccccc1-c1ncc2ccccn12.O=C(O)C(F)(F)F. The fourth-order valence-electron chi connectivity index (χ4n) is 2.07. The number of carboxylic acid groups (broad SMARTS) is 1. The molecule has 0 aliphatic heterocycles. The standard InChI is InChI=1S/C14H9F3N2.C2HF3O2/c15-14(16,17)12-7-2-1-6-11(12)13-18-9-10-5-3-4-8-19(10)13;3-2(4,5)1(6)7/h1-9H;(H,6,7). The Morgan fingerprint density at radius 1 is 0.962 bits per heavy atom. The van der Waals surface area contributed by atoms with Crippen LogP contribution in [-0.4, -0.2) is 26.6 Å². The summed E-state index contributed by atoms with van der Waals surface area (Å²) in [7, 11) is 0. The molecule has 0 radical (unpaired) electrons. The Balaban J connectivity index is 0.000000298. The van der Waals surface area contributed by atoms with Gasteiger partial charge in [-0.1, -0.05) is 24.3 Å². The van der Waals surface area contributed by atoms with E-state index in [1.807, 2.05) is 6.07 Å². The molecule has 26 heavy (non-hydrogen) atoms. The molecule has 0 bridgehead atoms. The van der Waals surface area contributed by atoms with E-state index in [0.717, 1.165) is 11.6 Å². The number of imidazole rings is 1. The van der Waals surface area contributed by atoms with E-state index in [1.165, 1.54) is 12.1 Å². The molecular formula is C16H10F6N2O2. The maximum atomic E-state index is 13.0. The molecule has 0 unspecified atom stereocenters. The number of benzene rings is 1. The Kier molecular flexibility index (Phi) is 5.24. The van der Waals surface area contributed by atoms with Crippen LogP contribution in [-0.2, 0) is 11.0 Å². The molecule has 3 aromatic rings. The van der Waals surface area contributed by atoms with Crippen molar-refractivity contribution in [1.29, 1.82) is 0 Å². The van der Waals surface area contributed by atoms with Gasteiger partial charge in [-0.2, -0.15) is 26.3 Å². The number of rotatable bonds is 1. The predicted octanol–water partition coefficient (Wildman–Crippen LogP) is 4.65. The number of nitrogens with zero attached hydrogens (tertiary/aromatic N) is 2. The summed E-state index contributed by atoms with van der Waals surface area (Å²) in [4.78, 5) is 13.0. The lowest BCUT2D eigenvalue weighted by molar-refractivity contribution is -0.192. The van der Waals surface area contributed by atoms with Crippen LogP contribution in [0.1, 0.15) is 5.56 Å². The molecule has 1 aromatic carbocycles. The van der Waals surface area contributed by atoms with Crippen LogP contribution in [0.2, 0.25) is 0 Å². The number of halogens is 6. The molecule has 2 heterocycles. The van der Waals surface area contributed by atoms with Crippen molar-refractivity contribution < 1.29 is 36.2 Å². The Bertz CT molecular complexity index is 915. The van der Waals surface area contributed by atoms with Crippen LogP contribution in [0.3, 0.4) is 0 Å². The van der Waals surface area contributed by atoms with Gasteiger partial charge in [-0.3, -0.25) is 4.40 Å². The van der Waals surface area contributed by atoms with Crippen molar-refractivity contribution in [3.63, 3.8) is 0 Å². The van der Waals surface area contributed by atoms with Gasteiger partial charge in [0.05, 0.1) is 17.3 Å². The van der Waals surface area contributed by atoms with E-state index < -0.39 is 23.9 Å². The van der Waals surface area contributed by atoms with E-state index in [-0.39, 0.29) is 5.56 Å². The Morgan fingerprint density at radius 2 is 1.54 bits per heavy atom. The van der Waals surface area contributed by atoms with E-state index in [9.17, 15) is 26.3 Å². The second-order valence-corrected chi connectivity index (χ2v) is 4.92. The fourth-order valence-corrected chi connectivity index (χ4v) is 2.07. The third-order valence-corrected chi connectivity index (χ3v) is 3.15. The van der Waals surface area contributed by atoms with E-state index in [2.05, 4.69) is 4.98 Å². The van der Waals surface area contributed by atoms with Gasteiger partial charge >= 0.3 is 18.3 Å². The first-order valence-corrected chi connectivity index (χ1v) is 6.90. The van der Waals surface area contributed by atoms with Gasteiger partial charge in [0.25, 0.3) is 0 Å². The Labute approximate surface area is 142 Å². The van der Waals surface area contributed by atoms with Crippen molar-refractivity contribution in [3.8, 4) is 11.4 Å². The summed E-state index contributed by atoms with van der Waals surface area (Å²) in [5, 5.41) is 7.12. The van der Waals surface area contributed by atoms with Gasteiger partial charge in [0.1, 0.15) is 5.82 Å². The minimum Gasteiger partial charge on any atom is -0.475 e. The largest absolute Gasteiger partial charge is 0.490 e. The van der Waals surface area contributed by atoms with Crippen LogP contribution in [0.15, 0.2) is 54.9 Å². The van der Waals surface area contributed by atoms with Crippen LogP contribution in [0.5, 0.6) is 0 Å². The number of hydrogen-bond acceptors (Lipinski definition) is 2. The molecule has 0 amide bonds. The molecule has 0 fully saturated rings. The number of pyridine rings is 1. The number of carbonyl (C=O) groups is 1. The predicted molar refractivity (Wildman–Crippen MR) is 79.3 cm³/mol. The number of fused-ring (bicyclic) bond motifs is 1. The van der Waals surface area contributed by atoms with Gasteiger partial charge in [0, 0.05) is 11.8 Å². The van der Waals surface area contributed by atoms with Gasteiger partial charge in [-0.15, -0.1) is 0 Å². The first-order chi connectivity index (χ1) is 12.0. The quantitative estimate of drug-likeness (QED) is 0.629. The zero-order chi connectivity index (χ0) is 19.5. The summed E-state index contributed by atoms with van der Waals surface area (Å²) in [5.74, 6) is -2.46. The van der Waals surface area contributed by atoms with Crippen LogP contribution in [0.25, 0.3) is 16.9 Å². The van der Waals surface area contributed by atoms with E-state index >= 15 is 0 Å². The van der Waals surface area contributed by atoms with Crippen molar-refractivity contribution in [2.75, 3.05) is 0 Å². The minimum absolute atomic E-state index is 0.0844. The maximum absolute atomic E-state index is 13.0. The molecule has 10 heteroatoms. The Hall–Kier alpha value is -3.04. The summed E-state index contributed by atoms with van der Waals surface area (Å²) in [6, 6.07) is 10.8. The summed E-state index contributed by atoms with van der Waals surface area (Å²) < 4.78 is 72.4. The highest BCUT2D eigenvalue weighted by molar-refractivity contribution is 5.73. The van der Waals surface area contributed by atoms with E-state index in [0.29, 0.717) is 5.82 Å². The Morgan fingerprint density at radius 3 is 2.12 bits per heavy atom. The lowest BCUT2D eigenvalue weighted by atomic mass is 10.1. The first-order valence-electron chi connectivity index (χ1n) is 6.90. The molecular weight excluding hydrogens is 366 g/mol. The average molecular weight is 376 g/mol. The van der Waals surface area contributed by atoms with Gasteiger partial charge < -0.3 is 5.11 Å².